The summed E-state index contributed by atoms with van der Waals surface area (Å²) in [7, 11) is 2.20. The maximum atomic E-state index is 3.87. The fourth-order valence-corrected chi connectivity index (χ4v) is 4.37. The average molecular weight is 238 g/mol. The summed E-state index contributed by atoms with van der Waals surface area (Å²) in [5.41, 5.74) is 1.07. The Balaban J connectivity index is 1.91. The molecule has 2 saturated carbocycles. The van der Waals surface area contributed by atoms with Gasteiger partial charge in [0.1, 0.15) is 0 Å². The number of hydrogen-bond acceptors (Lipinski definition) is 2. The van der Waals surface area contributed by atoms with Crippen molar-refractivity contribution in [3.63, 3.8) is 0 Å². The number of hydrogen-bond donors (Lipinski definition) is 1. The molecule has 3 atom stereocenters. The Labute approximate surface area is 107 Å². The van der Waals surface area contributed by atoms with Crippen molar-refractivity contribution in [2.75, 3.05) is 26.7 Å². The second-order valence-corrected chi connectivity index (χ2v) is 7.20. The maximum absolute atomic E-state index is 3.87. The number of likely N-dealkylation sites (N-methyl/N-ethyl adjacent to an activating group) is 1. The minimum atomic E-state index is 0.498. The molecule has 0 aromatic carbocycles. The van der Waals surface area contributed by atoms with Crippen molar-refractivity contribution < 1.29 is 0 Å². The predicted octanol–water partition coefficient (Wildman–Crippen LogP) is 2.74. The zero-order chi connectivity index (χ0) is 12.7. The summed E-state index contributed by atoms with van der Waals surface area (Å²) in [6.07, 6.45) is 4.33. The largest absolute Gasteiger partial charge is 0.312 e. The first-order valence-corrected chi connectivity index (χ1v) is 7.32. The van der Waals surface area contributed by atoms with E-state index in [1.165, 1.54) is 25.8 Å². The van der Waals surface area contributed by atoms with E-state index >= 15 is 0 Å². The van der Waals surface area contributed by atoms with E-state index in [1.54, 1.807) is 0 Å². The zero-order valence-corrected chi connectivity index (χ0v) is 12.3. The number of fused-ring (bicyclic) bond motifs is 2. The minimum absolute atomic E-state index is 0.498. The van der Waals surface area contributed by atoms with Gasteiger partial charge in [0.15, 0.2) is 0 Å². The topological polar surface area (TPSA) is 15.3 Å². The second kappa shape index (κ2) is 4.55. The standard InChI is InChI=1S/C15H30N2/c1-6-17(5)10-9-16-13-14(2,3)12-7-8-15(13,4)11-12/h12-13,16H,6-11H2,1-5H3/t12-,13?,15+/m0/s1. The minimum Gasteiger partial charge on any atom is -0.312 e. The normalized spacial score (nSPS) is 39.2. The highest BCUT2D eigenvalue weighted by Gasteiger charge is 2.58. The average Bonchev–Trinajstić information content (AvgIpc) is 2.73. The molecule has 2 bridgehead atoms. The molecule has 0 spiro atoms. The third kappa shape index (κ3) is 2.26. The Kier molecular flexibility index (Phi) is 3.57. The molecule has 2 heteroatoms. The molecule has 0 aliphatic heterocycles. The number of nitrogens with one attached hydrogen (secondary N) is 1. The van der Waals surface area contributed by atoms with Crippen molar-refractivity contribution >= 4 is 0 Å². The first-order valence-electron chi connectivity index (χ1n) is 7.32. The Bertz CT molecular complexity index is 269. The fourth-order valence-electron chi connectivity index (χ4n) is 4.37. The number of rotatable bonds is 5. The third-order valence-electron chi connectivity index (χ3n) is 5.65. The van der Waals surface area contributed by atoms with E-state index in [2.05, 4.69) is 45.0 Å². The molecule has 0 amide bonds. The lowest BCUT2D eigenvalue weighted by Crippen LogP contribution is -2.51. The summed E-state index contributed by atoms with van der Waals surface area (Å²) in [6, 6.07) is 0.721. The quantitative estimate of drug-likeness (QED) is 0.792. The molecule has 0 radical (unpaired) electrons. The van der Waals surface area contributed by atoms with E-state index in [9.17, 15) is 0 Å². The van der Waals surface area contributed by atoms with Gasteiger partial charge >= 0.3 is 0 Å². The van der Waals surface area contributed by atoms with Gasteiger partial charge in [0.05, 0.1) is 0 Å². The van der Waals surface area contributed by atoms with Gasteiger partial charge in [0, 0.05) is 19.1 Å². The SMILES string of the molecule is CCN(C)CCNC1C(C)(C)[C@H]2CC[C@]1(C)C2. The van der Waals surface area contributed by atoms with E-state index in [-0.39, 0.29) is 0 Å². The van der Waals surface area contributed by atoms with Crippen LogP contribution in [-0.2, 0) is 0 Å². The fraction of sp³-hybridized carbons (Fsp3) is 1.00. The van der Waals surface area contributed by atoms with Crippen LogP contribution in [0.4, 0.5) is 0 Å². The first-order chi connectivity index (χ1) is 7.90. The van der Waals surface area contributed by atoms with E-state index in [1.807, 2.05) is 0 Å². The van der Waals surface area contributed by atoms with Gasteiger partial charge in [0.2, 0.25) is 0 Å². The highest BCUT2D eigenvalue weighted by Crippen LogP contribution is 2.62. The second-order valence-electron chi connectivity index (χ2n) is 7.20. The van der Waals surface area contributed by atoms with Crippen LogP contribution in [0.5, 0.6) is 0 Å². The summed E-state index contributed by atoms with van der Waals surface area (Å²) in [5, 5.41) is 3.87. The molecule has 17 heavy (non-hydrogen) atoms. The van der Waals surface area contributed by atoms with E-state index in [0.717, 1.165) is 25.0 Å². The molecule has 0 aromatic heterocycles. The van der Waals surface area contributed by atoms with Gasteiger partial charge in [-0.05, 0) is 49.6 Å². The Morgan fingerprint density at radius 2 is 2.00 bits per heavy atom. The van der Waals surface area contributed by atoms with Crippen LogP contribution < -0.4 is 5.32 Å². The first kappa shape index (κ1) is 13.4. The molecule has 1 N–H and O–H groups in total. The Morgan fingerprint density at radius 3 is 2.53 bits per heavy atom. The van der Waals surface area contributed by atoms with Gasteiger partial charge in [0.25, 0.3) is 0 Å². The summed E-state index contributed by atoms with van der Waals surface area (Å²) in [4.78, 5) is 2.38. The summed E-state index contributed by atoms with van der Waals surface area (Å²) < 4.78 is 0. The van der Waals surface area contributed by atoms with Crippen molar-refractivity contribution in [2.24, 2.45) is 16.7 Å². The molecule has 2 aliphatic rings. The van der Waals surface area contributed by atoms with Crippen LogP contribution in [0.15, 0.2) is 0 Å². The Hall–Kier alpha value is -0.0800. The molecule has 0 heterocycles. The van der Waals surface area contributed by atoms with Crippen LogP contribution >= 0.6 is 0 Å². The van der Waals surface area contributed by atoms with Gasteiger partial charge in [-0.25, -0.2) is 0 Å². The molecule has 2 aliphatic carbocycles. The molecular formula is C15H30N2. The molecule has 2 nitrogen and oxygen atoms in total. The molecule has 0 saturated heterocycles. The highest BCUT2D eigenvalue weighted by atomic mass is 15.1. The van der Waals surface area contributed by atoms with Gasteiger partial charge in [-0.15, -0.1) is 0 Å². The smallest absolute Gasteiger partial charge is 0.0175 e. The molecule has 1 unspecified atom stereocenters. The number of nitrogens with zero attached hydrogens (tertiary/aromatic N) is 1. The summed E-state index contributed by atoms with van der Waals surface area (Å²) >= 11 is 0. The van der Waals surface area contributed by atoms with Gasteiger partial charge < -0.3 is 10.2 Å². The molecule has 100 valence electrons. The van der Waals surface area contributed by atoms with Crippen LogP contribution in [0, 0.1) is 16.7 Å². The lowest BCUT2D eigenvalue weighted by Gasteiger charge is -2.43. The maximum Gasteiger partial charge on any atom is 0.0175 e. The zero-order valence-electron chi connectivity index (χ0n) is 12.3. The predicted molar refractivity (Wildman–Crippen MR) is 74.2 cm³/mol. The molecule has 0 aromatic rings. The van der Waals surface area contributed by atoms with E-state index in [0.29, 0.717) is 10.8 Å². The van der Waals surface area contributed by atoms with Crippen LogP contribution in [-0.4, -0.2) is 37.6 Å². The van der Waals surface area contributed by atoms with Gasteiger partial charge in [-0.3, -0.25) is 0 Å². The molecule has 2 fully saturated rings. The van der Waals surface area contributed by atoms with Crippen LogP contribution in [0.3, 0.4) is 0 Å². The van der Waals surface area contributed by atoms with Crippen molar-refractivity contribution in [3.05, 3.63) is 0 Å². The van der Waals surface area contributed by atoms with E-state index in [4.69, 9.17) is 0 Å². The van der Waals surface area contributed by atoms with Crippen LogP contribution in [0.2, 0.25) is 0 Å². The van der Waals surface area contributed by atoms with Crippen molar-refractivity contribution in [1.29, 1.82) is 0 Å². The third-order valence-corrected chi connectivity index (χ3v) is 5.65. The Morgan fingerprint density at radius 1 is 1.29 bits per heavy atom. The summed E-state index contributed by atoms with van der Waals surface area (Å²) in [6.45, 7) is 13.1. The van der Waals surface area contributed by atoms with Crippen LogP contribution in [0.25, 0.3) is 0 Å². The molecular weight excluding hydrogens is 208 g/mol. The van der Waals surface area contributed by atoms with Gasteiger partial charge in [-0.2, -0.15) is 0 Å². The van der Waals surface area contributed by atoms with Gasteiger partial charge in [-0.1, -0.05) is 27.7 Å². The lowest BCUT2D eigenvalue weighted by molar-refractivity contribution is 0.107. The van der Waals surface area contributed by atoms with Crippen molar-refractivity contribution in [1.82, 2.24) is 10.2 Å². The van der Waals surface area contributed by atoms with Crippen molar-refractivity contribution in [3.8, 4) is 0 Å². The van der Waals surface area contributed by atoms with Crippen molar-refractivity contribution in [2.45, 2.75) is 53.0 Å². The monoisotopic (exact) mass is 238 g/mol. The van der Waals surface area contributed by atoms with E-state index < -0.39 is 0 Å². The van der Waals surface area contributed by atoms with Crippen LogP contribution in [0.1, 0.15) is 47.0 Å². The molecule has 2 rings (SSSR count). The lowest BCUT2D eigenvalue weighted by atomic mass is 9.68. The highest BCUT2D eigenvalue weighted by molar-refractivity contribution is 5.11. The summed E-state index contributed by atoms with van der Waals surface area (Å²) in [5.74, 6) is 0.953.